The van der Waals surface area contributed by atoms with Gasteiger partial charge in [-0.05, 0) is 20.3 Å². The van der Waals surface area contributed by atoms with Crippen molar-refractivity contribution in [3.05, 3.63) is 33.5 Å². The number of nitrogens with one attached hydrogen (secondary N) is 1. The Morgan fingerprint density at radius 2 is 2.30 bits per heavy atom. The van der Waals surface area contributed by atoms with Crippen molar-refractivity contribution in [2.24, 2.45) is 12.0 Å². The first-order chi connectivity index (χ1) is 13.1. The molecule has 1 fully saturated rings. The molecule has 1 atom stereocenters. The molecule has 148 valence electrons. The normalized spacial score (nSPS) is 18.1. The summed E-state index contributed by atoms with van der Waals surface area (Å²) in [5.74, 6) is 0.957. The van der Waals surface area contributed by atoms with Crippen LogP contribution in [0.15, 0.2) is 17.4 Å². The Kier molecular flexibility index (Phi) is 6.84. The van der Waals surface area contributed by atoms with Crippen LogP contribution >= 0.6 is 11.3 Å². The lowest BCUT2D eigenvalue weighted by Gasteiger charge is -2.34. The summed E-state index contributed by atoms with van der Waals surface area (Å²) in [5.41, 5.74) is 2.33. The van der Waals surface area contributed by atoms with Crippen LogP contribution in [0.4, 0.5) is 0 Å². The van der Waals surface area contributed by atoms with Crippen molar-refractivity contribution in [2.75, 3.05) is 32.8 Å². The molecular formula is C19H30N6OS. The van der Waals surface area contributed by atoms with Gasteiger partial charge in [-0.25, -0.2) is 4.98 Å². The van der Waals surface area contributed by atoms with Gasteiger partial charge in [-0.1, -0.05) is 6.92 Å². The van der Waals surface area contributed by atoms with Gasteiger partial charge >= 0.3 is 0 Å². The zero-order valence-electron chi connectivity index (χ0n) is 16.7. The predicted octanol–water partition coefficient (Wildman–Crippen LogP) is 2.33. The molecule has 0 radical (unpaired) electrons. The number of aryl methyl sites for hydroxylation is 3. The fourth-order valence-corrected chi connectivity index (χ4v) is 4.27. The van der Waals surface area contributed by atoms with Crippen molar-refractivity contribution in [1.29, 1.82) is 0 Å². The van der Waals surface area contributed by atoms with Gasteiger partial charge in [0.1, 0.15) is 6.10 Å². The maximum atomic E-state index is 5.95. The van der Waals surface area contributed by atoms with Crippen LogP contribution in [-0.2, 0) is 24.6 Å². The van der Waals surface area contributed by atoms with Gasteiger partial charge in [0.25, 0.3) is 0 Å². The smallest absolute Gasteiger partial charge is 0.194 e. The number of hydrogen-bond donors (Lipinski definition) is 1. The molecule has 0 saturated carbocycles. The summed E-state index contributed by atoms with van der Waals surface area (Å²) < 4.78 is 7.77. The van der Waals surface area contributed by atoms with Gasteiger partial charge in [-0.3, -0.25) is 9.67 Å². The second-order valence-corrected chi connectivity index (χ2v) is 7.99. The highest BCUT2D eigenvalue weighted by Crippen LogP contribution is 2.22. The fourth-order valence-electron chi connectivity index (χ4n) is 3.26. The Labute approximate surface area is 165 Å². The minimum absolute atomic E-state index is 0.0324. The van der Waals surface area contributed by atoms with Crippen molar-refractivity contribution in [3.8, 4) is 0 Å². The van der Waals surface area contributed by atoms with E-state index in [1.165, 1.54) is 15.6 Å². The minimum atomic E-state index is 0.0324. The van der Waals surface area contributed by atoms with Gasteiger partial charge in [-0.2, -0.15) is 5.10 Å². The molecule has 0 bridgehead atoms. The van der Waals surface area contributed by atoms with Gasteiger partial charge in [0.15, 0.2) is 5.96 Å². The Morgan fingerprint density at radius 1 is 1.44 bits per heavy atom. The first-order valence-corrected chi connectivity index (χ1v) is 10.5. The van der Waals surface area contributed by atoms with Crippen molar-refractivity contribution >= 4 is 17.3 Å². The number of rotatable bonds is 6. The molecular weight excluding hydrogens is 360 g/mol. The van der Waals surface area contributed by atoms with Crippen LogP contribution in [-0.4, -0.2) is 58.4 Å². The third-order valence-corrected chi connectivity index (χ3v) is 5.73. The SMILES string of the molecule is CCNC(=NCCc1nc(CC)c(C)s1)N1CCOC(c2cnn(C)c2)C1. The maximum absolute atomic E-state index is 5.95. The lowest BCUT2D eigenvalue weighted by Crippen LogP contribution is -2.48. The number of ether oxygens (including phenoxy) is 1. The summed E-state index contributed by atoms with van der Waals surface area (Å²) in [4.78, 5) is 13.2. The molecule has 3 heterocycles. The van der Waals surface area contributed by atoms with E-state index < -0.39 is 0 Å². The average molecular weight is 391 g/mol. The molecule has 0 aliphatic carbocycles. The Hall–Kier alpha value is -1.93. The van der Waals surface area contributed by atoms with E-state index >= 15 is 0 Å². The zero-order chi connectivity index (χ0) is 19.2. The van der Waals surface area contributed by atoms with E-state index in [1.807, 2.05) is 24.1 Å². The Morgan fingerprint density at radius 3 is 2.96 bits per heavy atom. The summed E-state index contributed by atoms with van der Waals surface area (Å²) in [5, 5.41) is 8.87. The molecule has 7 nitrogen and oxygen atoms in total. The van der Waals surface area contributed by atoms with E-state index in [0.717, 1.165) is 50.5 Å². The molecule has 2 aromatic heterocycles. The van der Waals surface area contributed by atoms with E-state index in [4.69, 9.17) is 14.7 Å². The van der Waals surface area contributed by atoms with Gasteiger partial charge in [0, 0.05) is 49.7 Å². The van der Waals surface area contributed by atoms with E-state index in [0.29, 0.717) is 6.61 Å². The van der Waals surface area contributed by atoms with Crippen LogP contribution in [0.2, 0.25) is 0 Å². The van der Waals surface area contributed by atoms with E-state index in [9.17, 15) is 0 Å². The van der Waals surface area contributed by atoms with Crippen LogP contribution in [0.1, 0.15) is 41.1 Å². The van der Waals surface area contributed by atoms with Crippen molar-refractivity contribution in [3.63, 3.8) is 0 Å². The number of guanidine groups is 1. The van der Waals surface area contributed by atoms with Gasteiger partial charge in [0.05, 0.1) is 30.1 Å². The number of thiazole rings is 1. The third-order valence-electron chi connectivity index (χ3n) is 4.66. The quantitative estimate of drug-likeness (QED) is 0.606. The van der Waals surface area contributed by atoms with Crippen LogP contribution in [0.3, 0.4) is 0 Å². The lowest BCUT2D eigenvalue weighted by atomic mass is 10.1. The molecule has 0 aromatic carbocycles. The first kappa shape index (κ1) is 19.8. The van der Waals surface area contributed by atoms with E-state index in [1.54, 1.807) is 11.3 Å². The highest BCUT2D eigenvalue weighted by molar-refractivity contribution is 7.11. The van der Waals surface area contributed by atoms with Crippen LogP contribution < -0.4 is 5.32 Å². The van der Waals surface area contributed by atoms with E-state index in [-0.39, 0.29) is 6.10 Å². The summed E-state index contributed by atoms with van der Waals surface area (Å²) in [7, 11) is 1.93. The molecule has 0 spiro atoms. The summed E-state index contributed by atoms with van der Waals surface area (Å²) in [6.45, 7) is 10.3. The van der Waals surface area contributed by atoms with Crippen molar-refractivity contribution in [2.45, 2.75) is 39.7 Å². The second kappa shape index (κ2) is 9.32. The van der Waals surface area contributed by atoms with Gasteiger partial charge < -0.3 is 15.0 Å². The number of morpholine rings is 1. The molecule has 1 aliphatic rings. The number of aromatic nitrogens is 3. The summed E-state index contributed by atoms with van der Waals surface area (Å²) >= 11 is 1.80. The molecule has 1 aliphatic heterocycles. The largest absolute Gasteiger partial charge is 0.370 e. The number of nitrogens with zero attached hydrogens (tertiary/aromatic N) is 5. The topological polar surface area (TPSA) is 67.6 Å². The molecule has 3 rings (SSSR count). The minimum Gasteiger partial charge on any atom is -0.370 e. The molecule has 0 amide bonds. The van der Waals surface area contributed by atoms with Gasteiger partial charge in [-0.15, -0.1) is 11.3 Å². The number of aliphatic imine (C=N–C) groups is 1. The first-order valence-electron chi connectivity index (χ1n) is 9.69. The number of hydrogen-bond acceptors (Lipinski definition) is 5. The van der Waals surface area contributed by atoms with Crippen molar-refractivity contribution in [1.82, 2.24) is 25.0 Å². The lowest BCUT2D eigenvalue weighted by molar-refractivity contribution is -0.00803. The Bertz CT molecular complexity index is 768. The summed E-state index contributed by atoms with van der Waals surface area (Å²) in [6, 6.07) is 0. The molecule has 1 saturated heterocycles. The molecule has 1 N–H and O–H groups in total. The summed E-state index contributed by atoms with van der Waals surface area (Å²) in [6.07, 6.45) is 5.82. The monoisotopic (exact) mass is 390 g/mol. The fraction of sp³-hybridized carbons (Fsp3) is 0.632. The van der Waals surface area contributed by atoms with Gasteiger partial charge in [0.2, 0.25) is 0 Å². The molecule has 1 unspecified atom stereocenters. The Balaban J connectivity index is 1.63. The highest BCUT2D eigenvalue weighted by atomic mass is 32.1. The van der Waals surface area contributed by atoms with Crippen LogP contribution in [0, 0.1) is 6.92 Å². The molecule has 2 aromatic rings. The second-order valence-electron chi connectivity index (χ2n) is 6.70. The van der Waals surface area contributed by atoms with Crippen molar-refractivity contribution < 1.29 is 4.74 Å². The van der Waals surface area contributed by atoms with E-state index in [2.05, 4.69) is 36.1 Å². The molecule has 27 heavy (non-hydrogen) atoms. The highest BCUT2D eigenvalue weighted by Gasteiger charge is 2.25. The molecule has 8 heteroatoms. The zero-order valence-corrected chi connectivity index (χ0v) is 17.6. The predicted molar refractivity (Wildman–Crippen MR) is 109 cm³/mol. The van der Waals surface area contributed by atoms with Crippen LogP contribution in [0.5, 0.6) is 0 Å². The standard InChI is InChI=1S/C19H30N6OS/c1-5-16-14(3)27-18(23-16)7-8-21-19(20-6-2)25-9-10-26-17(13-25)15-11-22-24(4)12-15/h11-12,17H,5-10,13H2,1-4H3,(H,20,21). The van der Waals surface area contributed by atoms with Crippen LogP contribution in [0.25, 0.3) is 0 Å². The third kappa shape index (κ3) is 5.07. The maximum Gasteiger partial charge on any atom is 0.194 e. The average Bonchev–Trinajstić information content (AvgIpc) is 3.26.